The van der Waals surface area contributed by atoms with Crippen molar-refractivity contribution in [3.05, 3.63) is 35.7 Å². The van der Waals surface area contributed by atoms with Gasteiger partial charge in [0.25, 0.3) is 0 Å². The molecule has 0 bridgehead atoms. The van der Waals surface area contributed by atoms with Crippen LogP contribution in [0.1, 0.15) is 31.2 Å². The highest BCUT2D eigenvalue weighted by Crippen LogP contribution is 2.11. The summed E-state index contributed by atoms with van der Waals surface area (Å²) in [4.78, 5) is 4.39. The minimum Gasteiger partial charge on any atom is -0.484 e. The van der Waals surface area contributed by atoms with Gasteiger partial charge in [0, 0.05) is 13.6 Å². The van der Waals surface area contributed by atoms with Gasteiger partial charge in [0.2, 0.25) is 0 Å². The Morgan fingerprint density at radius 3 is 2.67 bits per heavy atom. The number of aryl methyl sites for hydroxylation is 1. The summed E-state index contributed by atoms with van der Waals surface area (Å²) < 4.78 is 7.59. The third kappa shape index (κ3) is 4.53. The number of ether oxygens (including phenoxy) is 1. The Kier molecular flexibility index (Phi) is 5.27. The molecule has 2 aromatic rings. The number of nitrogens with one attached hydrogen (secondary N) is 1. The van der Waals surface area contributed by atoms with E-state index in [2.05, 4.69) is 34.3 Å². The molecule has 0 spiro atoms. The number of hydrogen-bond donors (Lipinski definition) is 1. The van der Waals surface area contributed by atoms with E-state index in [0.717, 1.165) is 36.2 Å². The van der Waals surface area contributed by atoms with Crippen LogP contribution >= 0.6 is 0 Å². The van der Waals surface area contributed by atoms with Gasteiger partial charge in [-0.15, -0.1) is 10.2 Å². The zero-order chi connectivity index (χ0) is 15.2. The van der Waals surface area contributed by atoms with Crippen molar-refractivity contribution in [3.63, 3.8) is 0 Å². The van der Waals surface area contributed by atoms with Gasteiger partial charge in [0.1, 0.15) is 18.2 Å². The lowest BCUT2D eigenvalue weighted by Gasteiger charge is -2.08. The van der Waals surface area contributed by atoms with Crippen LogP contribution in [0.3, 0.4) is 0 Å². The first-order valence-corrected chi connectivity index (χ1v) is 7.19. The second-order valence-corrected chi connectivity index (χ2v) is 5.52. The van der Waals surface area contributed by atoms with Crippen LogP contribution in [0, 0.1) is 12.8 Å². The summed E-state index contributed by atoms with van der Waals surface area (Å²) in [6, 6.07) is 3.91. The fourth-order valence-electron chi connectivity index (χ4n) is 1.81. The zero-order valence-electron chi connectivity index (χ0n) is 13.1. The maximum Gasteiger partial charge on any atom is 0.170 e. The first-order chi connectivity index (χ1) is 10.1. The Balaban J connectivity index is 1.83. The highest BCUT2D eigenvalue weighted by atomic mass is 16.5. The molecule has 2 rings (SSSR count). The summed E-state index contributed by atoms with van der Waals surface area (Å²) in [5, 5.41) is 11.4. The number of rotatable bonds is 7. The van der Waals surface area contributed by atoms with Gasteiger partial charge in [0.05, 0.1) is 11.9 Å². The second-order valence-electron chi connectivity index (χ2n) is 5.52. The molecule has 0 aliphatic rings. The zero-order valence-corrected chi connectivity index (χ0v) is 13.1. The van der Waals surface area contributed by atoms with Crippen LogP contribution in [-0.4, -0.2) is 26.3 Å². The molecule has 0 aliphatic carbocycles. The normalized spacial score (nSPS) is 11.1. The van der Waals surface area contributed by atoms with Crippen molar-refractivity contribution >= 4 is 0 Å². The quantitative estimate of drug-likeness (QED) is 0.842. The molecule has 0 aliphatic heterocycles. The first-order valence-electron chi connectivity index (χ1n) is 7.19. The minimum absolute atomic E-state index is 0.393. The molecule has 0 radical (unpaired) electrons. The maximum atomic E-state index is 5.68. The van der Waals surface area contributed by atoms with Gasteiger partial charge in [-0.1, -0.05) is 13.8 Å². The maximum absolute atomic E-state index is 5.68. The van der Waals surface area contributed by atoms with E-state index in [0.29, 0.717) is 12.5 Å². The number of pyridine rings is 1. The van der Waals surface area contributed by atoms with E-state index in [1.54, 1.807) is 6.20 Å². The molecule has 0 unspecified atom stereocenters. The van der Waals surface area contributed by atoms with E-state index < -0.39 is 0 Å². The van der Waals surface area contributed by atoms with Gasteiger partial charge >= 0.3 is 0 Å². The molecule has 0 atom stereocenters. The molecule has 0 saturated carbocycles. The van der Waals surface area contributed by atoms with E-state index in [1.165, 1.54) is 0 Å². The van der Waals surface area contributed by atoms with Crippen LogP contribution in [0.2, 0.25) is 0 Å². The van der Waals surface area contributed by atoms with Crippen molar-refractivity contribution in [2.75, 3.05) is 6.54 Å². The molecule has 114 valence electrons. The Morgan fingerprint density at radius 1 is 1.29 bits per heavy atom. The Bertz CT molecular complexity index is 562. The van der Waals surface area contributed by atoms with Crippen molar-refractivity contribution in [2.45, 2.75) is 33.9 Å². The van der Waals surface area contributed by atoms with E-state index in [1.807, 2.05) is 30.7 Å². The van der Waals surface area contributed by atoms with Crippen LogP contribution in [0.4, 0.5) is 0 Å². The highest BCUT2D eigenvalue weighted by molar-refractivity contribution is 5.20. The summed E-state index contributed by atoms with van der Waals surface area (Å²) in [5.74, 6) is 3.05. The van der Waals surface area contributed by atoms with Gasteiger partial charge in [-0.3, -0.25) is 4.98 Å². The van der Waals surface area contributed by atoms with Crippen LogP contribution in [0.25, 0.3) is 0 Å². The van der Waals surface area contributed by atoms with Crippen molar-refractivity contribution in [3.8, 4) is 5.75 Å². The standard InChI is InChI=1S/C15H23N5O/c1-11(2)7-16-8-13-5-6-14(9-17-13)21-10-15-19-18-12(3)20(15)4/h5-6,9,11,16H,7-8,10H2,1-4H3. The summed E-state index contributed by atoms with van der Waals surface area (Å²) in [6.07, 6.45) is 1.75. The molecule has 0 fully saturated rings. The number of hydrogen-bond acceptors (Lipinski definition) is 5. The van der Waals surface area contributed by atoms with E-state index in [9.17, 15) is 0 Å². The molecule has 2 heterocycles. The molecule has 1 N–H and O–H groups in total. The fraction of sp³-hybridized carbons (Fsp3) is 0.533. The van der Waals surface area contributed by atoms with Crippen LogP contribution < -0.4 is 10.1 Å². The smallest absolute Gasteiger partial charge is 0.170 e. The van der Waals surface area contributed by atoms with Crippen LogP contribution in [-0.2, 0) is 20.2 Å². The molecular formula is C15H23N5O. The fourth-order valence-corrected chi connectivity index (χ4v) is 1.81. The average molecular weight is 289 g/mol. The average Bonchev–Trinajstić information content (AvgIpc) is 2.78. The van der Waals surface area contributed by atoms with Crippen molar-refractivity contribution in [1.29, 1.82) is 0 Å². The lowest BCUT2D eigenvalue weighted by Crippen LogP contribution is -2.19. The predicted octanol–water partition coefficient (Wildman–Crippen LogP) is 1.84. The third-order valence-electron chi connectivity index (χ3n) is 3.21. The lowest BCUT2D eigenvalue weighted by atomic mass is 10.2. The molecule has 0 aromatic carbocycles. The summed E-state index contributed by atoms with van der Waals surface area (Å²) in [6.45, 7) is 8.45. The number of aromatic nitrogens is 4. The monoisotopic (exact) mass is 289 g/mol. The molecule has 6 heteroatoms. The van der Waals surface area contributed by atoms with Crippen LogP contribution in [0.15, 0.2) is 18.3 Å². The summed E-state index contributed by atoms with van der Waals surface area (Å²) in [5.41, 5.74) is 1.01. The van der Waals surface area contributed by atoms with Crippen LogP contribution in [0.5, 0.6) is 5.75 Å². The van der Waals surface area contributed by atoms with E-state index in [-0.39, 0.29) is 0 Å². The van der Waals surface area contributed by atoms with Gasteiger partial charge < -0.3 is 14.6 Å². The largest absolute Gasteiger partial charge is 0.484 e. The topological polar surface area (TPSA) is 64.9 Å². The highest BCUT2D eigenvalue weighted by Gasteiger charge is 2.05. The lowest BCUT2D eigenvalue weighted by molar-refractivity contribution is 0.289. The number of nitrogens with zero attached hydrogens (tertiary/aromatic N) is 4. The molecule has 2 aromatic heterocycles. The van der Waals surface area contributed by atoms with E-state index in [4.69, 9.17) is 4.74 Å². The van der Waals surface area contributed by atoms with Gasteiger partial charge in [-0.05, 0) is 31.5 Å². The van der Waals surface area contributed by atoms with E-state index >= 15 is 0 Å². The Hall–Kier alpha value is -1.95. The van der Waals surface area contributed by atoms with Crippen molar-refractivity contribution in [2.24, 2.45) is 13.0 Å². The Morgan fingerprint density at radius 2 is 2.10 bits per heavy atom. The molecule has 0 saturated heterocycles. The molecule has 21 heavy (non-hydrogen) atoms. The van der Waals surface area contributed by atoms with Gasteiger partial charge in [0.15, 0.2) is 5.82 Å². The summed E-state index contributed by atoms with van der Waals surface area (Å²) in [7, 11) is 1.93. The van der Waals surface area contributed by atoms with Gasteiger partial charge in [-0.25, -0.2) is 0 Å². The van der Waals surface area contributed by atoms with Crippen molar-refractivity contribution < 1.29 is 4.74 Å². The molecule has 6 nitrogen and oxygen atoms in total. The minimum atomic E-state index is 0.393. The Labute approximate surface area is 125 Å². The summed E-state index contributed by atoms with van der Waals surface area (Å²) >= 11 is 0. The predicted molar refractivity (Wildman–Crippen MR) is 80.9 cm³/mol. The second kappa shape index (κ2) is 7.17. The van der Waals surface area contributed by atoms with Crippen molar-refractivity contribution in [1.82, 2.24) is 25.1 Å². The SMILES string of the molecule is Cc1nnc(COc2ccc(CNCC(C)C)nc2)n1C. The third-order valence-corrected chi connectivity index (χ3v) is 3.21. The van der Waals surface area contributed by atoms with Gasteiger partial charge in [-0.2, -0.15) is 0 Å². The molecular weight excluding hydrogens is 266 g/mol. The first kappa shape index (κ1) is 15.4. The molecule has 0 amide bonds.